The Bertz CT molecular complexity index is 797. The number of hydrogen-bond donors (Lipinski definition) is 1. The molecule has 2 aliphatic rings. The smallest absolute Gasteiger partial charge is 0.228 e. The fraction of sp³-hybridized carbons (Fsp3) is 0.458. The molecule has 2 aromatic rings. The number of anilines is 1. The summed E-state index contributed by atoms with van der Waals surface area (Å²) in [6, 6.07) is 16.7. The molecule has 2 fully saturated rings. The molecule has 0 spiro atoms. The molecule has 1 atom stereocenters. The molecule has 4 nitrogen and oxygen atoms in total. The van der Waals surface area contributed by atoms with Gasteiger partial charge in [0, 0.05) is 23.8 Å². The number of nitrogens with zero attached hydrogens (tertiary/aromatic N) is 1. The second kappa shape index (κ2) is 8.78. The number of hydrogen-bond acceptors (Lipinski definition) is 3. The van der Waals surface area contributed by atoms with Crippen LogP contribution in [0.1, 0.15) is 38.5 Å². The van der Waals surface area contributed by atoms with Crippen LogP contribution in [0.15, 0.2) is 48.5 Å². The molecule has 0 radical (unpaired) electrons. The van der Waals surface area contributed by atoms with Gasteiger partial charge in [-0.2, -0.15) is 0 Å². The summed E-state index contributed by atoms with van der Waals surface area (Å²) in [5, 5.41) is 3.22. The van der Waals surface area contributed by atoms with Crippen LogP contribution in [0.2, 0.25) is 0 Å². The largest absolute Gasteiger partial charge is 0.497 e. The zero-order valence-corrected chi connectivity index (χ0v) is 16.7. The summed E-state index contributed by atoms with van der Waals surface area (Å²) in [4.78, 5) is 15.6. The highest BCUT2D eigenvalue weighted by Crippen LogP contribution is 2.31. The van der Waals surface area contributed by atoms with Gasteiger partial charge in [-0.3, -0.25) is 9.69 Å². The highest BCUT2D eigenvalue weighted by Gasteiger charge is 2.31. The van der Waals surface area contributed by atoms with Crippen molar-refractivity contribution in [1.82, 2.24) is 4.90 Å². The van der Waals surface area contributed by atoms with Gasteiger partial charge in [-0.05, 0) is 56.0 Å². The van der Waals surface area contributed by atoms with Crippen LogP contribution in [0.25, 0.3) is 11.1 Å². The van der Waals surface area contributed by atoms with Crippen molar-refractivity contribution in [1.29, 1.82) is 0 Å². The van der Waals surface area contributed by atoms with Gasteiger partial charge in [-0.25, -0.2) is 0 Å². The van der Waals surface area contributed by atoms with Gasteiger partial charge in [0.2, 0.25) is 5.91 Å². The zero-order valence-electron chi connectivity index (χ0n) is 16.7. The fourth-order valence-electron chi connectivity index (χ4n) is 4.67. The van der Waals surface area contributed by atoms with Crippen molar-refractivity contribution in [3.05, 3.63) is 48.5 Å². The van der Waals surface area contributed by atoms with Crippen LogP contribution in [0.5, 0.6) is 5.75 Å². The van der Waals surface area contributed by atoms with E-state index in [-0.39, 0.29) is 11.8 Å². The number of nitrogens with one attached hydrogen (secondary N) is 1. The van der Waals surface area contributed by atoms with E-state index >= 15 is 0 Å². The third-order valence-electron chi connectivity index (χ3n) is 6.25. The molecule has 148 valence electrons. The van der Waals surface area contributed by atoms with Crippen LogP contribution in [0, 0.1) is 5.92 Å². The van der Waals surface area contributed by atoms with Crippen molar-refractivity contribution >= 4 is 11.6 Å². The lowest BCUT2D eigenvalue weighted by atomic mass is 9.95. The second-order valence-electron chi connectivity index (χ2n) is 8.04. The monoisotopic (exact) mass is 378 g/mol. The van der Waals surface area contributed by atoms with Crippen molar-refractivity contribution < 1.29 is 9.53 Å². The van der Waals surface area contributed by atoms with Crippen LogP contribution in [0.4, 0.5) is 5.69 Å². The highest BCUT2D eigenvalue weighted by molar-refractivity contribution is 5.97. The minimum atomic E-state index is 0.0817. The summed E-state index contributed by atoms with van der Waals surface area (Å²) >= 11 is 0. The predicted octanol–water partition coefficient (Wildman–Crippen LogP) is 4.96. The Labute approximate surface area is 167 Å². The lowest BCUT2D eigenvalue weighted by Gasteiger charge is -2.36. The number of carbonyl (C=O) groups is 1. The van der Waals surface area contributed by atoms with E-state index in [1.165, 1.54) is 25.7 Å². The summed E-state index contributed by atoms with van der Waals surface area (Å²) in [5.74, 6) is 1.07. The van der Waals surface area contributed by atoms with Gasteiger partial charge in [0.05, 0.1) is 13.0 Å². The molecule has 1 aliphatic heterocycles. The number of piperidine rings is 1. The molecule has 1 N–H and O–H groups in total. The molecule has 2 aromatic carbocycles. The number of amides is 1. The van der Waals surface area contributed by atoms with Gasteiger partial charge >= 0.3 is 0 Å². The molecule has 1 heterocycles. The summed E-state index contributed by atoms with van der Waals surface area (Å²) in [7, 11) is 1.67. The van der Waals surface area contributed by atoms with E-state index in [2.05, 4.69) is 16.3 Å². The third kappa shape index (κ3) is 4.22. The highest BCUT2D eigenvalue weighted by atomic mass is 16.5. The molecule has 0 bridgehead atoms. The van der Waals surface area contributed by atoms with Crippen LogP contribution < -0.4 is 10.1 Å². The Morgan fingerprint density at radius 1 is 1.00 bits per heavy atom. The number of benzene rings is 2. The van der Waals surface area contributed by atoms with E-state index in [0.29, 0.717) is 6.04 Å². The molecule has 4 heteroatoms. The average molecular weight is 379 g/mol. The molecule has 28 heavy (non-hydrogen) atoms. The molecule has 1 saturated carbocycles. The molecule has 1 saturated heterocycles. The lowest BCUT2D eigenvalue weighted by Crippen LogP contribution is -2.44. The number of rotatable bonds is 5. The van der Waals surface area contributed by atoms with Gasteiger partial charge in [0.25, 0.3) is 0 Å². The zero-order chi connectivity index (χ0) is 19.3. The number of methoxy groups -OCH3 is 1. The van der Waals surface area contributed by atoms with Crippen LogP contribution >= 0.6 is 0 Å². The molecule has 1 amide bonds. The minimum Gasteiger partial charge on any atom is -0.497 e. The second-order valence-corrected chi connectivity index (χ2v) is 8.04. The number of carbonyl (C=O) groups excluding carboxylic acids is 1. The minimum absolute atomic E-state index is 0.0817. The molecule has 0 unspecified atom stereocenters. The van der Waals surface area contributed by atoms with E-state index in [9.17, 15) is 4.79 Å². The van der Waals surface area contributed by atoms with Crippen molar-refractivity contribution in [2.75, 3.05) is 25.5 Å². The van der Waals surface area contributed by atoms with Crippen molar-refractivity contribution in [3.8, 4) is 16.9 Å². The normalized spacial score (nSPS) is 20.8. The number of ether oxygens (including phenoxy) is 1. The van der Waals surface area contributed by atoms with Gasteiger partial charge in [-0.1, -0.05) is 43.2 Å². The Morgan fingerprint density at radius 2 is 1.75 bits per heavy atom. The number of para-hydroxylation sites is 1. The Hall–Kier alpha value is -2.33. The van der Waals surface area contributed by atoms with Gasteiger partial charge in [0.15, 0.2) is 0 Å². The number of likely N-dealkylation sites (tertiary alicyclic amines) is 1. The predicted molar refractivity (Wildman–Crippen MR) is 114 cm³/mol. The summed E-state index contributed by atoms with van der Waals surface area (Å²) in [5.41, 5.74) is 3.01. The first kappa shape index (κ1) is 19.0. The molecular formula is C24H30N2O2. The Kier molecular flexibility index (Phi) is 5.96. The molecule has 4 rings (SSSR count). The summed E-state index contributed by atoms with van der Waals surface area (Å²) in [6.07, 6.45) is 7.39. The van der Waals surface area contributed by atoms with Crippen molar-refractivity contribution in [3.63, 3.8) is 0 Å². The SMILES string of the molecule is COc1ccc(-c2ccccc2NC(=O)[C@@H]2CCCN(C3CCCC3)C2)cc1. The first-order valence-corrected chi connectivity index (χ1v) is 10.5. The van der Waals surface area contributed by atoms with Crippen LogP contribution in [0.3, 0.4) is 0 Å². The maximum atomic E-state index is 13.1. The fourth-order valence-corrected chi connectivity index (χ4v) is 4.67. The Morgan fingerprint density at radius 3 is 2.50 bits per heavy atom. The van der Waals surface area contributed by atoms with Crippen molar-refractivity contribution in [2.45, 2.75) is 44.6 Å². The van der Waals surface area contributed by atoms with Gasteiger partial charge < -0.3 is 10.1 Å². The van der Waals surface area contributed by atoms with E-state index in [1.54, 1.807) is 7.11 Å². The molecular weight excluding hydrogens is 348 g/mol. The van der Waals surface area contributed by atoms with E-state index in [4.69, 9.17) is 4.74 Å². The Balaban J connectivity index is 1.47. The molecule has 1 aliphatic carbocycles. The lowest BCUT2D eigenvalue weighted by molar-refractivity contribution is -0.121. The first-order chi connectivity index (χ1) is 13.7. The maximum absolute atomic E-state index is 13.1. The summed E-state index contributed by atoms with van der Waals surface area (Å²) < 4.78 is 5.26. The van der Waals surface area contributed by atoms with Crippen LogP contribution in [-0.2, 0) is 4.79 Å². The van der Waals surface area contributed by atoms with E-state index < -0.39 is 0 Å². The van der Waals surface area contributed by atoms with Crippen LogP contribution in [-0.4, -0.2) is 37.0 Å². The van der Waals surface area contributed by atoms with E-state index in [1.807, 2.05) is 42.5 Å². The maximum Gasteiger partial charge on any atom is 0.228 e. The summed E-state index contributed by atoms with van der Waals surface area (Å²) in [6.45, 7) is 2.05. The first-order valence-electron chi connectivity index (χ1n) is 10.5. The topological polar surface area (TPSA) is 41.6 Å². The quantitative estimate of drug-likeness (QED) is 0.800. The van der Waals surface area contributed by atoms with E-state index in [0.717, 1.165) is 48.5 Å². The average Bonchev–Trinajstić information content (AvgIpc) is 3.29. The molecule has 0 aromatic heterocycles. The van der Waals surface area contributed by atoms with Gasteiger partial charge in [-0.15, -0.1) is 0 Å². The third-order valence-corrected chi connectivity index (χ3v) is 6.25. The standard InChI is InChI=1S/C24H30N2O2/c1-28-21-14-12-18(13-15-21)22-10-4-5-11-23(22)25-24(27)19-7-6-16-26(17-19)20-8-2-3-9-20/h4-5,10-15,19-20H,2-3,6-9,16-17H2,1H3,(H,25,27)/t19-/m1/s1. The van der Waals surface area contributed by atoms with Gasteiger partial charge in [0.1, 0.15) is 5.75 Å². The van der Waals surface area contributed by atoms with Crippen molar-refractivity contribution in [2.24, 2.45) is 5.92 Å².